The van der Waals surface area contributed by atoms with Crippen molar-refractivity contribution in [3.63, 3.8) is 0 Å². The van der Waals surface area contributed by atoms with Crippen LogP contribution in [-0.4, -0.2) is 77.3 Å². The summed E-state index contributed by atoms with van der Waals surface area (Å²) in [5.74, 6) is -12.0. The van der Waals surface area contributed by atoms with Crippen molar-refractivity contribution < 1.29 is 46.2 Å². The number of hydrogen-bond donors (Lipinski definition) is 1. The molecule has 0 aliphatic carbocycles. The normalized spacial score (nSPS) is 17.5. The number of thiazole rings is 1. The van der Waals surface area contributed by atoms with Gasteiger partial charge in [-0.25, -0.2) is 22.9 Å². The molecule has 1 aromatic carbocycles. The minimum Gasteiger partial charge on any atom is -0.455 e. The highest BCUT2D eigenvalue weighted by Crippen LogP contribution is 2.33. The number of rotatable bonds is 14. The third-order valence-corrected chi connectivity index (χ3v) is 9.83. The molecular weight excluding hydrogens is 668 g/mol. The summed E-state index contributed by atoms with van der Waals surface area (Å²) < 4.78 is 67.3. The highest BCUT2D eigenvalue weighted by atomic mass is 32.1. The number of nitrogens with zero attached hydrogens (tertiary/aromatic N) is 3. The zero-order chi connectivity index (χ0) is 36.7. The molecule has 1 N–H and O–H groups in total. The predicted octanol–water partition coefficient (Wildman–Crippen LogP) is 6.05. The van der Waals surface area contributed by atoms with Gasteiger partial charge in [-0.3, -0.25) is 19.3 Å². The Morgan fingerprint density at radius 3 is 2.37 bits per heavy atom. The Morgan fingerprint density at radius 2 is 1.80 bits per heavy atom. The monoisotopic (exact) mass is 712 g/mol. The summed E-state index contributed by atoms with van der Waals surface area (Å²) in [7, 11) is 3.50. The van der Waals surface area contributed by atoms with Crippen LogP contribution < -0.4 is 10.1 Å². The summed E-state index contributed by atoms with van der Waals surface area (Å²) in [5.41, 5.74) is -1.47. The molecule has 1 aliphatic heterocycles. The molecule has 0 radical (unpaired) electrons. The lowest BCUT2D eigenvalue weighted by Gasteiger charge is -2.38. The summed E-state index contributed by atoms with van der Waals surface area (Å²) in [6.45, 7) is 12.7. The van der Waals surface area contributed by atoms with E-state index in [1.165, 1.54) is 17.2 Å². The average Bonchev–Trinajstić information content (AvgIpc) is 3.56. The van der Waals surface area contributed by atoms with Crippen LogP contribution in [0.4, 0.5) is 17.6 Å². The van der Waals surface area contributed by atoms with Gasteiger partial charge < -0.3 is 19.7 Å². The number of halogens is 4. The second kappa shape index (κ2) is 17.2. The number of amides is 2. The molecule has 3 rings (SSSR count). The van der Waals surface area contributed by atoms with Crippen molar-refractivity contribution in [1.29, 1.82) is 0 Å². The molecule has 10 nitrogen and oxygen atoms in total. The number of esters is 2. The number of benzene rings is 1. The minimum absolute atomic E-state index is 0.0448. The standard InChI is InChI=1S/C34H44F4N4O6S/c1-9-18(5)29(40-31(44)22-13-11-12-14-41(22)7)33(45)42(8)23(17(3)4)15-24(47-19(6)43)32-39-21(16-49-32)34(46)48-30-26(36)20(10-2)25(35)27(37)28(30)38/h10,16-18,22-24,29H,2,9,11-15H2,1,3-8H3,(H,40,44)/t18-,22+,23+,24+,29-/m0/s1. The van der Waals surface area contributed by atoms with E-state index in [2.05, 4.69) is 16.9 Å². The van der Waals surface area contributed by atoms with Gasteiger partial charge in [0.1, 0.15) is 11.0 Å². The maximum Gasteiger partial charge on any atom is 0.363 e. The Morgan fingerprint density at radius 1 is 1.12 bits per heavy atom. The maximum absolute atomic E-state index is 14.7. The van der Waals surface area contributed by atoms with Crippen molar-refractivity contribution in [2.45, 2.75) is 91.0 Å². The molecule has 2 heterocycles. The van der Waals surface area contributed by atoms with E-state index in [0.717, 1.165) is 30.7 Å². The van der Waals surface area contributed by atoms with Gasteiger partial charge >= 0.3 is 11.9 Å². The van der Waals surface area contributed by atoms with Crippen molar-refractivity contribution in [2.75, 3.05) is 20.6 Å². The van der Waals surface area contributed by atoms with E-state index in [0.29, 0.717) is 18.9 Å². The van der Waals surface area contributed by atoms with Gasteiger partial charge in [-0.2, -0.15) is 4.39 Å². The van der Waals surface area contributed by atoms with Gasteiger partial charge in [0.2, 0.25) is 23.4 Å². The lowest BCUT2D eigenvalue weighted by atomic mass is 9.92. The van der Waals surface area contributed by atoms with E-state index in [1.807, 2.05) is 39.6 Å². The molecule has 49 heavy (non-hydrogen) atoms. The van der Waals surface area contributed by atoms with E-state index in [9.17, 15) is 36.7 Å². The minimum atomic E-state index is -2.05. The summed E-state index contributed by atoms with van der Waals surface area (Å²) in [6.07, 6.45) is 2.83. The molecule has 1 aromatic heterocycles. The molecule has 5 atom stereocenters. The second-order valence-corrected chi connectivity index (χ2v) is 13.5. The van der Waals surface area contributed by atoms with Gasteiger partial charge in [-0.05, 0) is 38.3 Å². The van der Waals surface area contributed by atoms with E-state index in [4.69, 9.17) is 9.47 Å². The van der Waals surface area contributed by atoms with Gasteiger partial charge in [0.25, 0.3) is 0 Å². The van der Waals surface area contributed by atoms with E-state index in [-0.39, 0.29) is 41.1 Å². The quantitative estimate of drug-likeness (QED) is 0.0827. The third-order valence-electron chi connectivity index (χ3n) is 8.89. The zero-order valence-corrected chi connectivity index (χ0v) is 29.6. The molecule has 2 amide bonds. The molecule has 0 bridgehead atoms. The number of ether oxygens (including phenoxy) is 2. The van der Waals surface area contributed by atoms with E-state index < -0.39 is 70.4 Å². The van der Waals surface area contributed by atoms with Crippen LogP contribution in [0.1, 0.15) is 93.9 Å². The largest absolute Gasteiger partial charge is 0.455 e. The predicted molar refractivity (Wildman–Crippen MR) is 176 cm³/mol. The Balaban J connectivity index is 1.86. The van der Waals surface area contributed by atoms with Crippen molar-refractivity contribution in [3.8, 4) is 5.75 Å². The SMILES string of the molecule is C=Cc1c(F)c(F)c(F)c(OC(=O)c2csc([C@@H](C[C@H](C(C)C)N(C)C(=O)[C@@H](NC(=O)[C@H]3CCCCN3C)[C@@H](C)CC)OC(C)=O)n2)c1F. The van der Waals surface area contributed by atoms with Crippen LogP contribution in [0.2, 0.25) is 0 Å². The van der Waals surface area contributed by atoms with E-state index in [1.54, 1.807) is 7.05 Å². The molecular formula is C34H44F4N4O6S. The van der Waals surface area contributed by atoms with Crippen LogP contribution in [0.25, 0.3) is 6.08 Å². The Hall–Kier alpha value is -3.85. The maximum atomic E-state index is 14.7. The molecule has 1 saturated heterocycles. The fourth-order valence-corrected chi connectivity index (χ4v) is 6.62. The number of hydrogen-bond acceptors (Lipinski definition) is 9. The molecule has 0 spiro atoms. The third kappa shape index (κ3) is 9.24. The van der Waals surface area contributed by atoms with Gasteiger partial charge in [-0.1, -0.05) is 53.2 Å². The highest BCUT2D eigenvalue weighted by Gasteiger charge is 2.37. The van der Waals surface area contributed by atoms with Crippen molar-refractivity contribution in [2.24, 2.45) is 11.8 Å². The van der Waals surface area contributed by atoms with Crippen LogP contribution >= 0.6 is 11.3 Å². The van der Waals surface area contributed by atoms with Gasteiger partial charge in [-0.15, -0.1) is 11.3 Å². The number of piperidine rings is 1. The van der Waals surface area contributed by atoms with Crippen LogP contribution in [0.3, 0.4) is 0 Å². The fraction of sp³-hybridized carbons (Fsp3) is 0.559. The molecule has 0 saturated carbocycles. The van der Waals surface area contributed by atoms with Gasteiger partial charge in [0.05, 0.1) is 11.6 Å². The summed E-state index contributed by atoms with van der Waals surface area (Å²) >= 11 is 0.881. The first kappa shape index (κ1) is 39.6. The molecule has 270 valence electrons. The van der Waals surface area contributed by atoms with Crippen molar-refractivity contribution >= 4 is 41.2 Å². The van der Waals surface area contributed by atoms with Gasteiger partial charge in [0, 0.05) is 31.8 Å². The summed E-state index contributed by atoms with van der Waals surface area (Å²) in [5, 5.41) is 4.29. The first-order valence-electron chi connectivity index (χ1n) is 16.1. The van der Waals surface area contributed by atoms with Crippen molar-refractivity contribution in [1.82, 2.24) is 20.1 Å². The number of nitrogens with one attached hydrogen (secondary N) is 1. The summed E-state index contributed by atoms with van der Waals surface area (Å²) in [4.78, 5) is 60.0. The Kier molecular flexibility index (Phi) is 13.9. The Labute approximate surface area is 287 Å². The molecule has 0 unspecified atom stereocenters. The smallest absolute Gasteiger partial charge is 0.363 e. The molecule has 15 heteroatoms. The van der Waals surface area contributed by atoms with Crippen LogP contribution in [-0.2, 0) is 19.1 Å². The van der Waals surface area contributed by atoms with Crippen LogP contribution in [0, 0.1) is 35.1 Å². The number of likely N-dealkylation sites (tertiary alicyclic amines) is 1. The molecule has 2 aromatic rings. The molecule has 1 fully saturated rings. The lowest BCUT2D eigenvalue weighted by molar-refractivity contribution is -0.149. The molecule has 1 aliphatic rings. The number of likely N-dealkylation sites (N-methyl/N-ethyl adjacent to an activating group) is 2. The topological polar surface area (TPSA) is 118 Å². The fourth-order valence-electron chi connectivity index (χ4n) is 5.79. The van der Waals surface area contributed by atoms with E-state index >= 15 is 0 Å². The lowest BCUT2D eigenvalue weighted by Crippen LogP contribution is -2.58. The van der Waals surface area contributed by atoms with Crippen molar-refractivity contribution in [3.05, 3.63) is 51.5 Å². The second-order valence-electron chi connectivity index (χ2n) is 12.6. The van der Waals surface area contributed by atoms with Crippen LogP contribution in [0.5, 0.6) is 5.75 Å². The first-order valence-corrected chi connectivity index (χ1v) is 17.0. The first-order chi connectivity index (χ1) is 23.0. The Bertz CT molecular complexity index is 1550. The number of aromatic nitrogens is 1. The average molecular weight is 713 g/mol. The van der Waals surface area contributed by atoms with Gasteiger partial charge in [0.15, 0.2) is 29.2 Å². The number of carbonyl (C=O) groups is 4. The highest BCUT2D eigenvalue weighted by molar-refractivity contribution is 7.09. The van der Waals surface area contributed by atoms with Crippen LogP contribution in [0.15, 0.2) is 12.0 Å². The summed E-state index contributed by atoms with van der Waals surface area (Å²) in [6, 6.07) is -1.69. The number of carbonyl (C=O) groups excluding carboxylic acids is 4. The zero-order valence-electron chi connectivity index (χ0n) is 28.8.